The number of anilines is 1. The van der Waals surface area contributed by atoms with E-state index in [-0.39, 0.29) is 0 Å². The van der Waals surface area contributed by atoms with Gasteiger partial charge in [0.25, 0.3) is 0 Å². The molecule has 0 saturated heterocycles. The van der Waals surface area contributed by atoms with E-state index in [4.69, 9.17) is 5.73 Å². The normalized spacial score (nSPS) is 11.5. The Bertz CT molecular complexity index is 480. The lowest BCUT2D eigenvalue weighted by atomic mass is 9.99. The third-order valence-corrected chi connectivity index (χ3v) is 3.07. The number of pyridine rings is 1. The minimum absolute atomic E-state index is 0.542. The van der Waals surface area contributed by atoms with E-state index < -0.39 is 0 Å². The summed E-state index contributed by atoms with van der Waals surface area (Å²) in [6, 6.07) is 12.0. The number of hydrogen-bond acceptors (Lipinski definition) is 2. The number of rotatable bonds is 2. The minimum atomic E-state index is 0.542. The molecule has 1 aromatic carbocycles. The van der Waals surface area contributed by atoms with Crippen LogP contribution in [0.3, 0.4) is 0 Å². The largest absolute Gasteiger partial charge is 0.384 e. The summed E-state index contributed by atoms with van der Waals surface area (Å²) in [4.78, 5) is 4.12. The summed E-state index contributed by atoms with van der Waals surface area (Å²) < 4.78 is 1.08. The Morgan fingerprint density at radius 3 is 2.29 bits per heavy atom. The monoisotopic (exact) mass is 288 g/mol. The smallest absolute Gasteiger partial charge is 0.123 e. The van der Waals surface area contributed by atoms with Gasteiger partial charge in [-0.15, -0.1) is 0 Å². The highest BCUT2D eigenvalue weighted by Crippen LogP contribution is 2.24. The Morgan fingerprint density at radius 1 is 1.12 bits per heavy atom. The van der Waals surface area contributed by atoms with Crippen LogP contribution < -0.4 is 5.73 Å². The first kappa shape index (κ1) is 11.9. The van der Waals surface area contributed by atoms with Gasteiger partial charge in [0.15, 0.2) is 0 Å². The topological polar surface area (TPSA) is 38.9 Å². The predicted molar refractivity (Wildman–Crippen MR) is 75.5 cm³/mol. The fourth-order valence-electron chi connectivity index (χ4n) is 1.69. The molecule has 2 rings (SSSR count). The first-order valence-electron chi connectivity index (χ1n) is 5.35. The third kappa shape index (κ3) is 2.74. The molecule has 0 fully saturated rings. The van der Waals surface area contributed by atoms with Crippen LogP contribution in [0.2, 0.25) is 0 Å². The van der Waals surface area contributed by atoms with Crippen molar-refractivity contribution < 1.29 is 0 Å². The van der Waals surface area contributed by atoms with Crippen LogP contribution >= 0.6 is 15.9 Å². The minimum Gasteiger partial charge on any atom is -0.384 e. The van der Waals surface area contributed by atoms with Crippen molar-refractivity contribution in [1.82, 2.24) is 4.98 Å². The highest BCUT2D eigenvalue weighted by atomic mass is 79.9. The van der Waals surface area contributed by atoms with Crippen LogP contribution in [0.25, 0.3) is 5.57 Å². The van der Waals surface area contributed by atoms with Crippen LogP contribution in [-0.2, 0) is 0 Å². The summed E-state index contributed by atoms with van der Waals surface area (Å²) in [6.45, 7) is 2.02. The van der Waals surface area contributed by atoms with Gasteiger partial charge >= 0.3 is 0 Å². The lowest BCUT2D eigenvalue weighted by Crippen LogP contribution is -1.92. The van der Waals surface area contributed by atoms with E-state index in [0.29, 0.717) is 5.82 Å². The molecule has 3 heteroatoms. The van der Waals surface area contributed by atoms with Gasteiger partial charge in [0.05, 0.1) is 0 Å². The number of hydrogen-bond donors (Lipinski definition) is 1. The van der Waals surface area contributed by atoms with Gasteiger partial charge in [-0.1, -0.05) is 34.1 Å². The molecule has 0 atom stereocenters. The fraction of sp³-hybridized carbons (Fsp3) is 0.0714. The zero-order valence-corrected chi connectivity index (χ0v) is 11.1. The van der Waals surface area contributed by atoms with E-state index in [0.717, 1.165) is 15.6 Å². The highest BCUT2D eigenvalue weighted by molar-refractivity contribution is 9.10. The van der Waals surface area contributed by atoms with E-state index in [1.54, 1.807) is 6.20 Å². The maximum Gasteiger partial charge on any atom is 0.123 e. The molecule has 0 aliphatic heterocycles. The zero-order chi connectivity index (χ0) is 12.3. The van der Waals surface area contributed by atoms with Crippen molar-refractivity contribution in [3.63, 3.8) is 0 Å². The Hall–Kier alpha value is -1.61. The number of nitrogens with zero attached hydrogens (tertiary/aromatic N) is 1. The average molecular weight is 289 g/mol. The van der Waals surface area contributed by atoms with E-state index >= 15 is 0 Å². The number of nitrogens with two attached hydrogens (primary N) is 1. The maximum atomic E-state index is 5.59. The Kier molecular flexibility index (Phi) is 3.59. The van der Waals surface area contributed by atoms with Gasteiger partial charge in [0.2, 0.25) is 0 Å². The summed E-state index contributed by atoms with van der Waals surface area (Å²) >= 11 is 3.43. The number of nitrogen functional groups attached to an aromatic ring is 1. The van der Waals surface area contributed by atoms with Gasteiger partial charge in [0.1, 0.15) is 5.82 Å². The van der Waals surface area contributed by atoms with Crippen LogP contribution in [-0.4, -0.2) is 4.98 Å². The molecule has 1 aromatic heterocycles. The van der Waals surface area contributed by atoms with Crippen molar-refractivity contribution in [2.45, 2.75) is 6.92 Å². The molecular weight excluding hydrogens is 276 g/mol. The van der Waals surface area contributed by atoms with Gasteiger partial charge in [-0.3, -0.25) is 0 Å². The molecule has 0 aliphatic rings. The number of aromatic nitrogens is 1. The van der Waals surface area contributed by atoms with Gasteiger partial charge in [-0.25, -0.2) is 4.98 Å². The van der Waals surface area contributed by atoms with Gasteiger partial charge in [0, 0.05) is 16.2 Å². The van der Waals surface area contributed by atoms with Crippen LogP contribution in [0, 0.1) is 0 Å². The predicted octanol–water partition coefficient (Wildman–Crippen LogP) is 3.88. The molecule has 2 N–H and O–H groups in total. The molecule has 1 heterocycles. The maximum absolute atomic E-state index is 5.59. The van der Waals surface area contributed by atoms with Gasteiger partial charge < -0.3 is 5.73 Å². The van der Waals surface area contributed by atoms with E-state index in [9.17, 15) is 0 Å². The van der Waals surface area contributed by atoms with Gasteiger partial charge in [-0.2, -0.15) is 0 Å². The van der Waals surface area contributed by atoms with Crippen LogP contribution in [0.5, 0.6) is 0 Å². The molecule has 2 aromatic rings. The second-order valence-corrected chi connectivity index (χ2v) is 4.60. The first-order chi connectivity index (χ1) is 8.20. The summed E-state index contributed by atoms with van der Waals surface area (Å²) in [6.07, 6.45) is 3.88. The number of halogens is 1. The third-order valence-electron chi connectivity index (χ3n) is 2.54. The first-order valence-corrected chi connectivity index (χ1v) is 6.14. The van der Waals surface area contributed by atoms with E-state index in [2.05, 4.69) is 39.1 Å². The quantitative estimate of drug-likeness (QED) is 0.911. The van der Waals surface area contributed by atoms with Crippen molar-refractivity contribution >= 4 is 27.3 Å². The Balaban J connectivity index is 2.41. The summed E-state index contributed by atoms with van der Waals surface area (Å²) in [5, 5.41) is 0. The Labute approximate surface area is 109 Å². The van der Waals surface area contributed by atoms with E-state index in [1.165, 1.54) is 5.56 Å². The van der Waals surface area contributed by atoms with Crippen molar-refractivity contribution in [2.24, 2.45) is 0 Å². The molecule has 0 saturated carbocycles. The molecule has 0 spiro atoms. The molecular formula is C14H13BrN2. The Morgan fingerprint density at radius 2 is 1.76 bits per heavy atom. The standard InChI is InChI=1S/C14H13BrN2/c1-2-13(10-3-6-12(15)7-4-10)11-5-8-14(16)17-9-11/h2-9H,1H3,(H2,16,17). The van der Waals surface area contributed by atoms with Crippen molar-refractivity contribution in [3.8, 4) is 0 Å². The van der Waals surface area contributed by atoms with Crippen LogP contribution in [0.4, 0.5) is 5.82 Å². The van der Waals surface area contributed by atoms with Crippen molar-refractivity contribution in [2.75, 3.05) is 5.73 Å². The molecule has 0 unspecified atom stereocenters. The summed E-state index contributed by atoms with van der Waals surface area (Å²) in [5.74, 6) is 0.542. The molecule has 0 amide bonds. The summed E-state index contributed by atoms with van der Waals surface area (Å²) in [7, 11) is 0. The number of benzene rings is 1. The summed E-state index contributed by atoms with van der Waals surface area (Å²) in [5.41, 5.74) is 8.99. The second-order valence-electron chi connectivity index (χ2n) is 3.68. The second kappa shape index (κ2) is 5.15. The molecule has 0 radical (unpaired) electrons. The molecule has 0 aliphatic carbocycles. The molecule has 17 heavy (non-hydrogen) atoms. The molecule has 2 nitrogen and oxygen atoms in total. The van der Waals surface area contributed by atoms with Crippen LogP contribution in [0.15, 0.2) is 53.1 Å². The van der Waals surface area contributed by atoms with E-state index in [1.807, 2.05) is 31.2 Å². The van der Waals surface area contributed by atoms with Crippen molar-refractivity contribution in [3.05, 3.63) is 64.3 Å². The van der Waals surface area contributed by atoms with Crippen LogP contribution in [0.1, 0.15) is 18.1 Å². The lowest BCUT2D eigenvalue weighted by molar-refractivity contribution is 1.31. The average Bonchev–Trinajstić information content (AvgIpc) is 2.35. The molecule has 0 bridgehead atoms. The number of allylic oxidation sites excluding steroid dienone is 1. The highest BCUT2D eigenvalue weighted by Gasteiger charge is 2.04. The van der Waals surface area contributed by atoms with Gasteiger partial charge in [-0.05, 0) is 42.3 Å². The zero-order valence-electron chi connectivity index (χ0n) is 9.52. The van der Waals surface area contributed by atoms with Crippen molar-refractivity contribution in [1.29, 1.82) is 0 Å². The SMILES string of the molecule is CC=C(c1ccc(Br)cc1)c1ccc(N)nc1. The fourth-order valence-corrected chi connectivity index (χ4v) is 1.96. The molecule has 86 valence electrons. The lowest BCUT2D eigenvalue weighted by Gasteiger charge is -2.07.